The van der Waals surface area contributed by atoms with Crippen molar-refractivity contribution in [3.63, 3.8) is 0 Å². The highest BCUT2D eigenvalue weighted by atomic mass is 19.1. The SMILES string of the molecule is Cc1cc(C2CN(C(=O)c3cn(CCN)nn3)CCO2)ccc1F. The van der Waals surface area contributed by atoms with Crippen molar-refractivity contribution in [1.82, 2.24) is 19.9 Å². The van der Waals surface area contributed by atoms with Gasteiger partial charge in [-0.3, -0.25) is 9.48 Å². The third-order valence-electron chi connectivity index (χ3n) is 4.02. The molecule has 1 aromatic carbocycles. The number of benzene rings is 1. The lowest BCUT2D eigenvalue weighted by molar-refractivity contribution is -0.0230. The molecule has 1 unspecified atom stereocenters. The molecule has 1 aliphatic heterocycles. The second kappa shape index (κ2) is 7.06. The average Bonchev–Trinajstić information content (AvgIpc) is 3.06. The molecule has 128 valence electrons. The van der Waals surface area contributed by atoms with Crippen LogP contribution in [0.25, 0.3) is 0 Å². The molecule has 8 heteroatoms. The van der Waals surface area contributed by atoms with Gasteiger partial charge >= 0.3 is 0 Å². The monoisotopic (exact) mass is 333 g/mol. The molecule has 1 aliphatic rings. The first kappa shape index (κ1) is 16.5. The fourth-order valence-corrected chi connectivity index (χ4v) is 2.70. The van der Waals surface area contributed by atoms with Gasteiger partial charge in [0.25, 0.3) is 5.91 Å². The molecule has 0 aliphatic carbocycles. The van der Waals surface area contributed by atoms with Gasteiger partial charge in [-0.25, -0.2) is 4.39 Å². The second-order valence-corrected chi connectivity index (χ2v) is 5.77. The van der Waals surface area contributed by atoms with E-state index in [-0.39, 0.29) is 17.8 Å². The van der Waals surface area contributed by atoms with Crippen LogP contribution in [0.15, 0.2) is 24.4 Å². The number of morpholine rings is 1. The van der Waals surface area contributed by atoms with E-state index in [9.17, 15) is 9.18 Å². The van der Waals surface area contributed by atoms with Crippen LogP contribution in [0.2, 0.25) is 0 Å². The molecule has 0 radical (unpaired) electrons. The lowest BCUT2D eigenvalue weighted by atomic mass is 10.0. The Balaban J connectivity index is 1.72. The maximum absolute atomic E-state index is 13.4. The summed E-state index contributed by atoms with van der Waals surface area (Å²) in [4.78, 5) is 14.3. The molecule has 2 heterocycles. The lowest BCUT2D eigenvalue weighted by Gasteiger charge is -2.32. The highest BCUT2D eigenvalue weighted by Gasteiger charge is 2.27. The number of ether oxygens (including phenoxy) is 1. The fourth-order valence-electron chi connectivity index (χ4n) is 2.70. The molecule has 0 saturated carbocycles. The molecule has 1 aromatic heterocycles. The summed E-state index contributed by atoms with van der Waals surface area (Å²) in [5.41, 5.74) is 7.18. The van der Waals surface area contributed by atoms with Crippen LogP contribution in [-0.4, -0.2) is 52.0 Å². The number of amides is 1. The van der Waals surface area contributed by atoms with E-state index in [2.05, 4.69) is 10.3 Å². The first-order valence-electron chi connectivity index (χ1n) is 7.85. The van der Waals surface area contributed by atoms with E-state index in [0.717, 1.165) is 5.56 Å². The number of aryl methyl sites for hydroxylation is 1. The number of rotatable bonds is 4. The Morgan fingerprint density at radius 2 is 2.33 bits per heavy atom. The summed E-state index contributed by atoms with van der Waals surface area (Å²) in [6.07, 6.45) is 1.32. The van der Waals surface area contributed by atoms with Crippen molar-refractivity contribution in [2.45, 2.75) is 19.6 Å². The summed E-state index contributed by atoms with van der Waals surface area (Å²) in [6.45, 7) is 3.96. The Bertz CT molecular complexity index is 733. The molecular weight excluding hydrogens is 313 g/mol. The Morgan fingerprint density at radius 1 is 1.50 bits per heavy atom. The van der Waals surface area contributed by atoms with Gasteiger partial charge in [0, 0.05) is 13.1 Å². The Kier molecular flexibility index (Phi) is 4.86. The van der Waals surface area contributed by atoms with Gasteiger partial charge in [-0.15, -0.1) is 5.10 Å². The second-order valence-electron chi connectivity index (χ2n) is 5.77. The molecule has 1 amide bonds. The van der Waals surface area contributed by atoms with Gasteiger partial charge < -0.3 is 15.4 Å². The van der Waals surface area contributed by atoms with Crippen LogP contribution in [0.4, 0.5) is 4.39 Å². The summed E-state index contributed by atoms with van der Waals surface area (Å²) in [7, 11) is 0. The van der Waals surface area contributed by atoms with E-state index in [1.165, 1.54) is 6.07 Å². The summed E-state index contributed by atoms with van der Waals surface area (Å²) in [6, 6.07) is 4.87. The molecule has 3 rings (SSSR count). The van der Waals surface area contributed by atoms with E-state index in [1.807, 2.05) is 0 Å². The van der Waals surface area contributed by atoms with Crippen LogP contribution in [0.1, 0.15) is 27.7 Å². The molecule has 7 nitrogen and oxygen atoms in total. The minimum atomic E-state index is -0.277. The van der Waals surface area contributed by atoms with Gasteiger partial charge in [0.1, 0.15) is 11.9 Å². The van der Waals surface area contributed by atoms with Crippen molar-refractivity contribution in [1.29, 1.82) is 0 Å². The van der Waals surface area contributed by atoms with Crippen LogP contribution < -0.4 is 5.73 Å². The van der Waals surface area contributed by atoms with Crippen LogP contribution in [-0.2, 0) is 11.3 Å². The number of halogens is 1. The summed E-state index contributed by atoms with van der Waals surface area (Å²) < 4.78 is 20.7. The maximum Gasteiger partial charge on any atom is 0.276 e. The normalized spacial score (nSPS) is 18.0. The van der Waals surface area contributed by atoms with Gasteiger partial charge in [-0.05, 0) is 24.1 Å². The van der Waals surface area contributed by atoms with Crippen LogP contribution >= 0.6 is 0 Å². The van der Waals surface area contributed by atoms with E-state index >= 15 is 0 Å². The third-order valence-corrected chi connectivity index (χ3v) is 4.02. The number of nitrogens with zero attached hydrogens (tertiary/aromatic N) is 4. The van der Waals surface area contributed by atoms with Gasteiger partial charge in [0.15, 0.2) is 5.69 Å². The van der Waals surface area contributed by atoms with Crippen LogP contribution in [0.3, 0.4) is 0 Å². The zero-order valence-corrected chi connectivity index (χ0v) is 13.5. The Labute approximate surface area is 139 Å². The predicted molar refractivity (Wildman–Crippen MR) is 84.8 cm³/mol. The van der Waals surface area contributed by atoms with E-state index < -0.39 is 0 Å². The van der Waals surface area contributed by atoms with Gasteiger partial charge in [0.05, 0.1) is 25.9 Å². The third kappa shape index (κ3) is 3.44. The number of hydrogen-bond acceptors (Lipinski definition) is 5. The van der Waals surface area contributed by atoms with Gasteiger partial charge in [-0.2, -0.15) is 0 Å². The van der Waals surface area contributed by atoms with Crippen molar-refractivity contribution >= 4 is 5.91 Å². The number of carbonyl (C=O) groups is 1. The van der Waals surface area contributed by atoms with E-state index in [0.29, 0.717) is 44.0 Å². The van der Waals surface area contributed by atoms with Crippen molar-refractivity contribution < 1.29 is 13.9 Å². The molecule has 2 N–H and O–H groups in total. The molecule has 2 aromatic rings. The first-order chi connectivity index (χ1) is 11.6. The van der Waals surface area contributed by atoms with Crippen molar-refractivity contribution in [2.24, 2.45) is 5.73 Å². The molecule has 0 bridgehead atoms. The first-order valence-corrected chi connectivity index (χ1v) is 7.85. The van der Waals surface area contributed by atoms with Crippen molar-refractivity contribution in [3.05, 3.63) is 47.0 Å². The summed E-state index contributed by atoms with van der Waals surface area (Å²) >= 11 is 0. The molecule has 1 fully saturated rings. The maximum atomic E-state index is 13.4. The minimum Gasteiger partial charge on any atom is -0.370 e. The molecule has 1 saturated heterocycles. The predicted octanol–water partition coefficient (Wildman–Crippen LogP) is 0.898. The smallest absolute Gasteiger partial charge is 0.276 e. The number of carbonyl (C=O) groups excluding carboxylic acids is 1. The Hall–Kier alpha value is -2.32. The topological polar surface area (TPSA) is 86.3 Å². The fraction of sp³-hybridized carbons (Fsp3) is 0.438. The van der Waals surface area contributed by atoms with Gasteiger partial charge in [0.2, 0.25) is 0 Å². The standard InChI is InChI=1S/C16H20FN5O2/c1-11-8-12(2-3-13(11)17)15-10-21(6-7-24-15)16(23)14-9-22(5-4-18)20-19-14/h2-3,8-9,15H,4-7,10,18H2,1H3. The molecule has 1 atom stereocenters. The average molecular weight is 333 g/mol. The van der Waals surface area contributed by atoms with Crippen LogP contribution in [0.5, 0.6) is 0 Å². The lowest BCUT2D eigenvalue weighted by Crippen LogP contribution is -2.42. The van der Waals surface area contributed by atoms with E-state index in [1.54, 1.807) is 34.8 Å². The van der Waals surface area contributed by atoms with Gasteiger partial charge in [-0.1, -0.05) is 17.3 Å². The Morgan fingerprint density at radius 3 is 3.08 bits per heavy atom. The minimum absolute atomic E-state index is 0.189. The zero-order chi connectivity index (χ0) is 17.1. The zero-order valence-electron chi connectivity index (χ0n) is 13.5. The number of hydrogen-bond donors (Lipinski definition) is 1. The van der Waals surface area contributed by atoms with Crippen molar-refractivity contribution in [2.75, 3.05) is 26.2 Å². The largest absolute Gasteiger partial charge is 0.370 e. The highest BCUT2D eigenvalue weighted by Crippen LogP contribution is 2.24. The van der Waals surface area contributed by atoms with Crippen molar-refractivity contribution in [3.8, 4) is 0 Å². The van der Waals surface area contributed by atoms with Crippen LogP contribution in [0, 0.1) is 12.7 Å². The summed E-state index contributed by atoms with van der Waals surface area (Å²) in [5.74, 6) is -0.440. The molecule has 24 heavy (non-hydrogen) atoms. The highest BCUT2D eigenvalue weighted by molar-refractivity contribution is 5.92. The quantitative estimate of drug-likeness (QED) is 0.898. The van der Waals surface area contributed by atoms with E-state index in [4.69, 9.17) is 10.5 Å². The molecule has 0 spiro atoms. The summed E-state index contributed by atoms with van der Waals surface area (Å²) in [5, 5.41) is 7.80. The molecular formula is C16H20FN5O2. The number of aromatic nitrogens is 3. The number of nitrogens with two attached hydrogens (primary N) is 1.